The predicted molar refractivity (Wildman–Crippen MR) is 69.7 cm³/mol. The minimum absolute atomic E-state index is 0.148. The molecule has 1 N–H and O–H groups in total. The maximum Gasteiger partial charge on any atom is 0.508 e. The number of methoxy groups -OCH3 is 3. The molecule has 4 unspecified atom stereocenters. The Labute approximate surface area is 122 Å². The van der Waals surface area contributed by atoms with E-state index in [0.717, 1.165) is 0 Å². The predicted octanol–water partition coefficient (Wildman–Crippen LogP) is 1.02. The van der Waals surface area contributed by atoms with E-state index in [0.29, 0.717) is 0 Å². The number of aliphatic hydroxyl groups excluding tert-OH is 1. The molecule has 0 bridgehead atoms. The molecule has 1 aliphatic rings. The van der Waals surface area contributed by atoms with E-state index in [1.165, 1.54) is 27.4 Å². The van der Waals surface area contributed by atoms with Crippen LogP contribution < -0.4 is 0 Å². The number of carbonyl (C=O) groups excluding carboxylic acids is 2. The number of carbonyl (C=O) groups is 2. The summed E-state index contributed by atoms with van der Waals surface area (Å²) in [5.74, 6) is 0. The Kier molecular flexibility index (Phi) is 6.97. The van der Waals surface area contributed by atoms with Crippen LogP contribution in [0.1, 0.15) is 12.8 Å². The van der Waals surface area contributed by atoms with Gasteiger partial charge >= 0.3 is 12.3 Å². The summed E-state index contributed by atoms with van der Waals surface area (Å²) in [6.07, 6.45) is -1.07. The molecule has 0 amide bonds. The summed E-state index contributed by atoms with van der Waals surface area (Å²) in [7, 11) is 3.82. The summed E-state index contributed by atoms with van der Waals surface area (Å²) in [5, 5.41) is 10.1. The first-order valence-electron chi connectivity index (χ1n) is 6.38. The van der Waals surface area contributed by atoms with Crippen LogP contribution in [0.3, 0.4) is 0 Å². The van der Waals surface area contributed by atoms with Gasteiger partial charge < -0.3 is 28.8 Å². The second-order valence-electron chi connectivity index (χ2n) is 4.42. The van der Waals surface area contributed by atoms with Crippen molar-refractivity contribution < 1.29 is 38.4 Å². The summed E-state index contributed by atoms with van der Waals surface area (Å²) in [6.45, 7) is 0. The standard InChI is InChI=1S/C13H20O8/c1-17-11-7-9(21-13(16)19-3)5-4-8(6-10(11)14)20-12(15)18-2/h4-5,8-11,14H,6-7H2,1-3H3/b5-4+. The van der Waals surface area contributed by atoms with Crippen molar-refractivity contribution in [2.45, 2.75) is 37.3 Å². The molecule has 0 radical (unpaired) electrons. The smallest absolute Gasteiger partial charge is 0.438 e. The highest BCUT2D eigenvalue weighted by Gasteiger charge is 2.30. The molecule has 8 heteroatoms. The molecule has 0 aromatic carbocycles. The molecule has 0 fully saturated rings. The lowest BCUT2D eigenvalue weighted by molar-refractivity contribution is -0.0594. The first-order chi connectivity index (χ1) is 9.99. The Morgan fingerprint density at radius 3 is 1.86 bits per heavy atom. The zero-order chi connectivity index (χ0) is 15.8. The third-order valence-electron chi connectivity index (χ3n) is 3.04. The molecule has 21 heavy (non-hydrogen) atoms. The minimum atomic E-state index is -0.890. The molecule has 0 saturated heterocycles. The molecule has 4 atom stereocenters. The number of ether oxygens (including phenoxy) is 5. The lowest BCUT2D eigenvalue weighted by atomic mass is 9.97. The highest BCUT2D eigenvalue weighted by molar-refractivity contribution is 5.60. The Hall–Kier alpha value is -1.80. The summed E-state index contributed by atoms with van der Waals surface area (Å²) < 4.78 is 24.0. The SMILES string of the molecule is COC(=O)OC1/C=C/C(OC(=O)OC)CC(OC)C(O)C1. The topological polar surface area (TPSA) is 101 Å². The summed E-state index contributed by atoms with van der Waals surface area (Å²) in [4.78, 5) is 22.3. The third kappa shape index (κ3) is 5.60. The molecular formula is C13H20O8. The molecule has 0 aliphatic heterocycles. The van der Waals surface area contributed by atoms with Crippen molar-refractivity contribution in [3.63, 3.8) is 0 Å². The maximum atomic E-state index is 11.2. The van der Waals surface area contributed by atoms with Gasteiger partial charge in [-0.25, -0.2) is 9.59 Å². The van der Waals surface area contributed by atoms with Crippen molar-refractivity contribution in [3.8, 4) is 0 Å². The molecule has 0 heterocycles. The van der Waals surface area contributed by atoms with Gasteiger partial charge in [0.25, 0.3) is 0 Å². The molecule has 8 nitrogen and oxygen atoms in total. The van der Waals surface area contributed by atoms with E-state index in [1.807, 2.05) is 0 Å². The second-order valence-corrected chi connectivity index (χ2v) is 4.42. The zero-order valence-corrected chi connectivity index (χ0v) is 12.2. The van der Waals surface area contributed by atoms with Crippen LogP contribution in [0.2, 0.25) is 0 Å². The van der Waals surface area contributed by atoms with E-state index in [4.69, 9.17) is 14.2 Å². The van der Waals surface area contributed by atoms with Crippen LogP contribution in [-0.4, -0.2) is 63.2 Å². The number of hydrogen-bond donors (Lipinski definition) is 1. The van der Waals surface area contributed by atoms with Gasteiger partial charge in [-0.2, -0.15) is 0 Å². The summed E-state index contributed by atoms with van der Waals surface area (Å²) >= 11 is 0. The van der Waals surface area contributed by atoms with Crippen LogP contribution in [0.25, 0.3) is 0 Å². The van der Waals surface area contributed by atoms with Gasteiger partial charge in [0, 0.05) is 20.0 Å². The monoisotopic (exact) mass is 304 g/mol. The number of hydrogen-bond acceptors (Lipinski definition) is 8. The summed E-state index contributed by atoms with van der Waals surface area (Å²) in [5.41, 5.74) is 0. The Bertz CT molecular complexity index is 380. The van der Waals surface area contributed by atoms with Crippen molar-refractivity contribution in [2.75, 3.05) is 21.3 Å². The van der Waals surface area contributed by atoms with Gasteiger partial charge in [0.2, 0.25) is 0 Å². The van der Waals surface area contributed by atoms with Crippen molar-refractivity contribution in [1.29, 1.82) is 0 Å². The van der Waals surface area contributed by atoms with E-state index in [1.54, 1.807) is 6.08 Å². The molecule has 0 saturated carbocycles. The van der Waals surface area contributed by atoms with Crippen LogP contribution >= 0.6 is 0 Å². The van der Waals surface area contributed by atoms with Crippen LogP contribution in [0, 0.1) is 0 Å². The van der Waals surface area contributed by atoms with Gasteiger partial charge in [0.05, 0.1) is 26.4 Å². The van der Waals surface area contributed by atoms with Crippen molar-refractivity contribution in [1.82, 2.24) is 0 Å². The third-order valence-corrected chi connectivity index (χ3v) is 3.04. The Balaban J connectivity index is 2.81. The van der Waals surface area contributed by atoms with E-state index in [9.17, 15) is 14.7 Å². The number of aliphatic hydroxyl groups is 1. The molecule has 1 aliphatic carbocycles. The van der Waals surface area contributed by atoms with Gasteiger partial charge in [-0.15, -0.1) is 0 Å². The van der Waals surface area contributed by atoms with E-state index < -0.39 is 36.7 Å². The van der Waals surface area contributed by atoms with Crippen LogP contribution in [-0.2, 0) is 23.7 Å². The molecule has 120 valence electrons. The fraction of sp³-hybridized carbons (Fsp3) is 0.692. The van der Waals surface area contributed by atoms with Crippen LogP contribution in [0.4, 0.5) is 9.59 Å². The molecule has 0 spiro atoms. The van der Waals surface area contributed by atoms with Crippen molar-refractivity contribution in [3.05, 3.63) is 12.2 Å². The van der Waals surface area contributed by atoms with Gasteiger partial charge in [-0.1, -0.05) is 0 Å². The highest BCUT2D eigenvalue weighted by atomic mass is 16.7. The average molecular weight is 304 g/mol. The quantitative estimate of drug-likeness (QED) is 0.609. The highest BCUT2D eigenvalue weighted by Crippen LogP contribution is 2.20. The first kappa shape index (κ1) is 17.3. The van der Waals surface area contributed by atoms with Gasteiger partial charge in [0.1, 0.15) is 12.2 Å². The average Bonchev–Trinajstić information content (AvgIpc) is 2.47. The van der Waals surface area contributed by atoms with Crippen molar-refractivity contribution >= 4 is 12.3 Å². The van der Waals surface area contributed by atoms with Gasteiger partial charge in [-0.3, -0.25) is 0 Å². The lowest BCUT2D eigenvalue weighted by Crippen LogP contribution is -2.38. The fourth-order valence-corrected chi connectivity index (χ4v) is 1.95. The lowest BCUT2D eigenvalue weighted by Gasteiger charge is -2.28. The zero-order valence-electron chi connectivity index (χ0n) is 12.2. The fourth-order valence-electron chi connectivity index (χ4n) is 1.95. The minimum Gasteiger partial charge on any atom is -0.438 e. The van der Waals surface area contributed by atoms with E-state index in [2.05, 4.69) is 9.47 Å². The summed E-state index contributed by atoms with van der Waals surface area (Å²) in [6, 6.07) is 0. The van der Waals surface area contributed by atoms with E-state index in [-0.39, 0.29) is 12.8 Å². The van der Waals surface area contributed by atoms with Crippen LogP contribution in [0.5, 0.6) is 0 Å². The molecule has 0 aromatic rings. The van der Waals surface area contributed by atoms with Gasteiger partial charge in [-0.05, 0) is 12.2 Å². The number of rotatable bonds is 3. The molecule has 1 rings (SSSR count). The molecule has 0 aromatic heterocycles. The van der Waals surface area contributed by atoms with Gasteiger partial charge in [0.15, 0.2) is 0 Å². The molecular weight excluding hydrogens is 284 g/mol. The maximum absolute atomic E-state index is 11.2. The Morgan fingerprint density at radius 1 is 0.952 bits per heavy atom. The van der Waals surface area contributed by atoms with E-state index >= 15 is 0 Å². The normalized spacial score (nSPS) is 30.5. The van der Waals surface area contributed by atoms with Crippen molar-refractivity contribution in [2.24, 2.45) is 0 Å². The Morgan fingerprint density at radius 2 is 1.43 bits per heavy atom. The van der Waals surface area contributed by atoms with Crippen LogP contribution in [0.15, 0.2) is 12.2 Å². The second kappa shape index (κ2) is 8.48. The largest absolute Gasteiger partial charge is 0.508 e. The first-order valence-corrected chi connectivity index (χ1v) is 6.38.